The molecule has 0 aliphatic heterocycles. The summed E-state index contributed by atoms with van der Waals surface area (Å²) in [5.41, 5.74) is 1.11. The Morgan fingerprint density at radius 3 is 2.00 bits per heavy atom. The highest BCUT2D eigenvalue weighted by atomic mass is 35.5. The van der Waals surface area contributed by atoms with Crippen LogP contribution in [-0.4, -0.2) is 22.8 Å². The van der Waals surface area contributed by atoms with Crippen LogP contribution in [0.15, 0.2) is 24.3 Å². The number of halogens is 1. The van der Waals surface area contributed by atoms with E-state index in [1.165, 1.54) is 0 Å². The summed E-state index contributed by atoms with van der Waals surface area (Å²) in [5.74, 6) is 0.540. The van der Waals surface area contributed by atoms with E-state index in [-0.39, 0.29) is 0 Å². The maximum atomic E-state index is 5.71. The molecule has 0 saturated heterocycles. The lowest BCUT2D eigenvalue weighted by Gasteiger charge is -2.23. The highest BCUT2D eigenvalue weighted by Gasteiger charge is 2.31. The van der Waals surface area contributed by atoms with Crippen molar-refractivity contribution in [2.24, 2.45) is 0 Å². The smallest absolute Gasteiger partial charge is 0.368 e. The number of hydrogen-bond acceptors (Lipinski definition) is 2. The maximum Gasteiger partial charge on any atom is 0.368 e. The molecule has 0 aromatic heterocycles. The summed E-state index contributed by atoms with van der Waals surface area (Å²) in [6.07, 6.45) is 0. The van der Waals surface area contributed by atoms with Crippen LogP contribution in [0.1, 0.15) is 5.56 Å². The second-order valence-corrected chi connectivity index (χ2v) is 6.74. The molecule has 0 unspecified atom stereocenters. The highest BCUT2D eigenvalue weighted by molar-refractivity contribution is 6.79. The van der Waals surface area contributed by atoms with Crippen LogP contribution in [0.2, 0.25) is 6.55 Å². The van der Waals surface area contributed by atoms with Gasteiger partial charge in [-0.05, 0) is 17.3 Å². The minimum absolute atomic E-state index is 0.540. The van der Waals surface area contributed by atoms with Gasteiger partial charge in [0.1, 0.15) is 0 Å². The maximum absolute atomic E-state index is 5.71. The minimum Gasteiger partial charge on any atom is -0.394 e. The minimum atomic E-state index is -2.15. The zero-order chi connectivity index (χ0) is 10.6. The van der Waals surface area contributed by atoms with E-state index in [4.69, 9.17) is 20.5 Å². The average molecular weight is 231 g/mol. The zero-order valence-electron chi connectivity index (χ0n) is 8.71. The van der Waals surface area contributed by atoms with Gasteiger partial charge in [-0.2, -0.15) is 0 Å². The van der Waals surface area contributed by atoms with Gasteiger partial charge in [0.2, 0.25) is 0 Å². The molecule has 1 aromatic rings. The Labute approximate surface area is 91.0 Å². The van der Waals surface area contributed by atoms with Crippen molar-refractivity contribution in [1.82, 2.24) is 0 Å². The molecule has 0 N–H and O–H groups in total. The van der Waals surface area contributed by atoms with Crippen LogP contribution in [0.25, 0.3) is 0 Å². The lowest BCUT2D eigenvalue weighted by molar-refractivity contribution is 0.265. The van der Waals surface area contributed by atoms with E-state index in [1.54, 1.807) is 14.2 Å². The quantitative estimate of drug-likeness (QED) is 0.582. The first-order valence-corrected chi connectivity index (χ1v) is 7.27. The van der Waals surface area contributed by atoms with Gasteiger partial charge >= 0.3 is 8.56 Å². The molecule has 0 atom stereocenters. The van der Waals surface area contributed by atoms with E-state index in [0.29, 0.717) is 5.88 Å². The highest BCUT2D eigenvalue weighted by Crippen LogP contribution is 2.08. The number of alkyl halides is 1. The van der Waals surface area contributed by atoms with Crippen molar-refractivity contribution in [3.8, 4) is 0 Å². The first kappa shape index (κ1) is 11.7. The fourth-order valence-electron chi connectivity index (χ4n) is 1.22. The van der Waals surface area contributed by atoms with E-state index in [2.05, 4.69) is 0 Å². The molecule has 0 radical (unpaired) electrons. The summed E-state index contributed by atoms with van der Waals surface area (Å²) < 4.78 is 10.9. The van der Waals surface area contributed by atoms with Gasteiger partial charge in [0.25, 0.3) is 0 Å². The molecule has 4 heteroatoms. The zero-order valence-corrected chi connectivity index (χ0v) is 10.5. The van der Waals surface area contributed by atoms with Gasteiger partial charge in [0, 0.05) is 20.1 Å². The van der Waals surface area contributed by atoms with Crippen LogP contribution in [0, 0.1) is 0 Å². The summed E-state index contributed by atoms with van der Waals surface area (Å²) in [5, 5.41) is 1.12. The van der Waals surface area contributed by atoms with E-state index >= 15 is 0 Å². The van der Waals surface area contributed by atoms with Gasteiger partial charge in [-0.15, -0.1) is 11.6 Å². The van der Waals surface area contributed by atoms with Crippen LogP contribution in [0.4, 0.5) is 0 Å². The Kier molecular flexibility index (Phi) is 4.13. The second-order valence-electron chi connectivity index (χ2n) is 3.18. The van der Waals surface area contributed by atoms with Crippen molar-refractivity contribution < 1.29 is 8.85 Å². The van der Waals surface area contributed by atoms with Crippen molar-refractivity contribution in [2.45, 2.75) is 12.4 Å². The van der Waals surface area contributed by atoms with E-state index in [1.807, 2.05) is 30.8 Å². The average Bonchev–Trinajstić information content (AvgIpc) is 2.28. The SMILES string of the molecule is CO[Si](C)(OC)c1ccc(CCl)cc1. The molecule has 0 heterocycles. The van der Waals surface area contributed by atoms with Gasteiger partial charge in [0.05, 0.1) is 0 Å². The van der Waals surface area contributed by atoms with Crippen molar-refractivity contribution in [3.05, 3.63) is 29.8 Å². The summed E-state index contributed by atoms with van der Waals surface area (Å²) in [6, 6.07) is 8.06. The molecule has 0 fully saturated rings. The predicted molar refractivity (Wildman–Crippen MR) is 61.3 cm³/mol. The second kappa shape index (κ2) is 4.93. The standard InChI is InChI=1S/C10H15ClO2Si/c1-12-14(3,13-2)10-6-4-9(8-11)5-7-10/h4-7H,8H2,1-3H3. The summed E-state index contributed by atoms with van der Waals surface area (Å²) in [6.45, 7) is 2.02. The molecular weight excluding hydrogens is 216 g/mol. The molecule has 0 spiro atoms. The largest absolute Gasteiger partial charge is 0.394 e. The third-order valence-corrected chi connectivity index (χ3v) is 5.66. The van der Waals surface area contributed by atoms with Crippen molar-refractivity contribution in [2.75, 3.05) is 14.2 Å². The molecule has 78 valence electrons. The molecule has 2 nitrogen and oxygen atoms in total. The third-order valence-electron chi connectivity index (χ3n) is 2.41. The molecule has 1 rings (SSSR count). The van der Waals surface area contributed by atoms with Crippen molar-refractivity contribution >= 4 is 25.3 Å². The van der Waals surface area contributed by atoms with Gasteiger partial charge in [-0.3, -0.25) is 0 Å². The van der Waals surface area contributed by atoms with Crippen LogP contribution in [-0.2, 0) is 14.7 Å². The lowest BCUT2D eigenvalue weighted by Crippen LogP contribution is -2.49. The first-order valence-electron chi connectivity index (χ1n) is 4.42. The van der Waals surface area contributed by atoms with E-state index in [0.717, 1.165) is 10.8 Å². The van der Waals surface area contributed by atoms with E-state index < -0.39 is 8.56 Å². The molecule has 14 heavy (non-hydrogen) atoms. The number of rotatable bonds is 4. The first-order chi connectivity index (χ1) is 6.66. The van der Waals surface area contributed by atoms with Gasteiger partial charge < -0.3 is 8.85 Å². The van der Waals surface area contributed by atoms with E-state index in [9.17, 15) is 0 Å². The van der Waals surface area contributed by atoms with Gasteiger partial charge in [0.15, 0.2) is 0 Å². The molecule has 0 aliphatic rings. The molecule has 0 saturated carbocycles. The van der Waals surface area contributed by atoms with Crippen molar-refractivity contribution in [3.63, 3.8) is 0 Å². The molecule has 0 bridgehead atoms. The normalized spacial score (nSPS) is 11.7. The van der Waals surface area contributed by atoms with Crippen molar-refractivity contribution in [1.29, 1.82) is 0 Å². The van der Waals surface area contributed by atoms with Crippen LogP contribution < -0.4 is 5.19 Å². The Bertz CT molecular complexity index is 283. The molecule has 0 aliphatic carbocycles. The number of hydrogen-bond donors (Lipinski definition) is 0. The fraction of sp³-hybridized carbons (Fsp3) is 0.400. The third kappa shape index (κ3) is 2.36. The Hall–Kier alpha value is -0.353. The monoisotopic (exact) mass is 230 g/mol. The Morgan fingerprint density at radius 1 is 1.14 bits per heavy atom. The van der Waals surface area contributed by atoms with Gasteiger partial charge in [-0.1, -0.05) is 24.3 Å². The molecule has 0 amide bonds. The Balaban J connectivity index is 2.95. The summed E-state index contributed by atoms with van der Waals surface area (Å²) in [7, 11) is 1.22. The van der Waals surface area contributed by atoms with Crippen LogP contribution >= 0.6 is 11.6 Å². The lowest BCUT2D eigenvalue weighted by atomic mass is 10.2. The predicted octanol–water partition coefficient (Wildman–Crippen LogP) is 2.00. The fourth-order valence-corrected chi connectivity index (χ4v) is 2.80. The summed E-state index contributed by atoms with van der Waals surface area (Å²) in [4.78, 5) is 0. The Morgan fingerprint density at radius 2 is 1.64 bits per heavy atom. The topological polar surface area (TPSA) is 18.5 Å². The van der Waals surface area contributed by atoms with Crippen LogP contribution in [0.3, 0.4) is 0 Å². The molecule has 1 aromatic carbocycles. The van der Waals surface area contributed by atoms with Gasteiger partial charge in [-0.25, -0.2) is 0 Å². The van der Waals surface area contributed by atoms with Crippen LogP contribution in [0.5, 0.6) is 0 Å². The number of benzene rings is 1. The summed E-state index contributed by atoms with van der Waals surface area (Å²) >= 11 is 5.71. The molecular formula is C10H15ClO2Si.